The molecule has 1 fully saturated rings. The molecule has 1 aromatic rings. The van der Waals surface area contributed by atoms with Crippen molar-refractivity contribution in [3.63, 3.8) is 0 Å². The van der Waals surface area contributed by atoms with Gasteiger partial charge in [-0.15, -0.1) is 0 Å². The number of hydrogen-bond acceptors (Lipinski definition) is 3. The van der Waals surface area contributed by atoms with Crippen LogP contribution in [0.2, 0.25) is 0 Å². The van der Waals surface area contributed by atoms with Crippen LogP contribution in [0.25, 0.3) is 0 Å². The van der Waals surface area contributed by atoms with E-state index in [0.29, 0.717) is 5.92 Å². The van der Waals surface area contributed by atoms with Crippen molar-refractivity contribution in [3.05, 3.63) is 22.7 Å². The van der Waals surface area contributed by atoms with Crippen molar-refractivity contribution in [2.45, 2.75) is 25.8 Å². The first-order valence-corrected chi connectivity index (χ1v) is 7.29. The van der Waals surface area contributed by atoms with Crippen molar-refractivity contribution >= 4 is 27.5 Å². The molecule has 1 saturated heterocycles. The summed E-state index contributed by atoms with van der Waals surface area (Å²) < 4.78 is 6.00. The number of anilines is 1. The summed E-state index contributed by atoms with van der Waals surface area (Å²) in [6, 6.07) is 5.42. The maximum atomic E-state index is 12.2. The lowest BCUT2D eigenvalue weighted by Gasteiger charge is -2.28. The van der Waals surface area contributed by atoms with Crippen LogP contribution in [0.4, 0.5) is 5.69 Å². The Morgan fingerprint density at radius 2 is 2.32 bits per heavy atom. The van der Waals surface area contributed by atoms with Gasteiger partial charge in [0.2, 0.25) is 5.91 Å². The van der Waals surface area contributed by atoms with Gasteiger partial charge in [-0.3, -0.25) is 4.79 Å². The van der Waals surface area contributed by atoms with Gasteiger partial charge in [-0.1, -0.05) is 6.92 Å². The van der Waals surface area contributed by atoms with Crippen LogP contribution in [0.3, 0.4) is 0 Å². The maximum absolute atomic E-state index is 12.2. The Balaban J connectivity index is 2.04. The number of carbonyl (C=O) groups excluding carboxylic acids is 1. The number of piperidine rings is 1. The zero-order valence-corrected chi connectivity index (χ0v) is 12.8. The zero-order valence-electron chi connectivity index (χ0n) is 11.2. The standard InChI is InChI=1S/C14H19BrN2O2/c1-9-4-3-7-16-13(9)14(18)17-10-5-6-12(19-2)11(15)8-10/h5-6,8-9,13,16H,3-4,7H2,1-2H3,(H,17,18). The van der Waals surface area contributed by atoms with Gasteiger partial charge >= 0.3 is 0 Å². The zero-order chi connectivity index (χ0) is 13.8. The lowest BCUT2D eigenvalue weighted by atomic mass is 9.92. The van der Waals surface area contributed by atoms with Crippen LogP contribution in [0.1, 0.15) is 19.8 Å². The minimum Gasteiger partial charge on any atom is -0.496 e. The van der Waals surface area contributed by atoms with E-state index in [9.17, 15) is 4.79 Å². The Bertz CT molecular complexity index is 465. The molecule has 4 nitrogen and oxygen atoms in total. The normalized spacial score (nSPS) is 22.9. The number of methoxy groups -OCH3 is 1. The van der Waals surface area contributed by atoms with Crippen LogP contribution >= 0.6 is 15.9 Å². The molecule has 1 aliphatic heterocycles. The molecule has 1 amide bonds. The highest BCUT2D eigenvalue weighted by molar-refractivity contribution is 9.10. The number of hydrogen-bond donors (Lipinski definition) is 2. The van der Waals surface area contributed by atoms with Gasteiger partial charge in [0.15, 0.2) is 0 Å². The Labute approximate surface area is 122 Å². The summed E-state index contributed by atoms with van der Waals surface area (Å²) in [6.45, 7) is 3.02. The highest BCUT2D eigenvalue weighted by Crippen LogP contribution is 2.28. The second kappa shape index (κ2) is 6.39. The lowest BCUT2D eigenvalue weighted by molar-refractivity contribution is -0.119. The number of ether oxygens (including phenoxy) is 1. The monoisotopic (exact) mass is 326 g/mol. The Morgan fingerprint density at radius 3 is 2.95 bits per heavy atom. The van der Waals surface area contributed by atoms with Crippen LogP contribution in [0.5, 0.6) is 5.75 Å². The average Bonchev–Trinajstić information content (AvgIpc) is 2.39. The van der Waals surface area contributed by atoms with Gasteiger partial charge in [0, 0.05) is 5.69 Å². The SMILES string of the molecule is COc1ccc(NC(=O)C2NCCCC2C)cc1Br. The van der Waals surface area contributed by atoms with E-state index < -0.39 is 0 Å². The second-order valence-electron chi connectivity index (χ2n) is 4.89. The molecule has 1 aromatic carbocycles. The summed E-state index contributed by atoms with van der Waals surface area (Å²) in [4.78, 5) is 12.2. The first-order valence-electron chi connectivity index (χ1n) is 6.49. The van der Waals surface area contributed by atoms with Crippen LogP contribution in [-0.2, 0) is 4.79 Å². The fourth-order valence-corrected chi connectivity index (χ4v) is 2.91. The molecular weight excluding hydrogens is 308 g/mol. The van der Waals surface area contributed by atoms with Gasteiger partial charge in [0.1, 0.15) is 5.75 Å². The highest BCUT2D eigenvalue weighted by Gasteiger charge is 2.27. The largest absolute Gasteiger partial charge is 0.496 e. The molecular formula is C14H19BrN2O2. The maximum Gasteiger partial charge on any atom is 0.241 e. The van der Waals surface area contributed by atoms with Gasteiger partial charge in [-0.25, -0.2) is 0 Å². The third kappa shape index (κ3) is 3.48. The van der Waals surface area contributed by atoms with E-state index in [1.807, 2.05) is 18.2 Å². The van der Waals surface area contributed by atoms with E-state index in [2.05, 4.69) is 33.5 Å². The molecule has 19 heavy (non-hydrogen) atoms. The van der Waals surface area contributed by atoms with Crippen molar-refractivity contribution < 1.29 is 9.53 Å². The van der Waals surface area contributed by atoms with Crippen LogP contribution in [-0.4, -0.2) is 25.6 Å². The molecule has 5 heteroatoms. The van der Waals surface area contributed by atoms with Crippen molar-refractivity contribution in [3.8, 4) is 5.75 Å². The number of amides is 1. The van der Waals surface area contributed by atoms with E-state index in [0.717, 1.165) is 35.3 Å². The number of nitrogens with one attached hydrogen (secondary N) is 2. The summed E-state index contributed by atoms with van der Waals surface area (Å²) in [5.74, 6) is 1.15. The molecule has 1 aliphatic rings. The topological polar surface area (TPSA) is 50.4 Å². The second-order valence-corrected chi connectivity index (χ2v) is 5.74. The number of rotatable bonds is 3. The molecule has 2 N–H and O–H groups in total. The van der Waals surface area contributed by atoms with Crippen molar-refractivity contribution in [1.29, 1.82) is 0 Å². The Hall–Kier alpha value is -1.07. The predicted octanol–water partition coefficient (Wildman–Crippen LogP) is 2.78. The van der Waals surface area contributed by atoms with Crippen LogP contribution in [0.15, 0.2) is 22.7 Å². The predicted molar refractivity (Wildman–Crippen MR) is 79.5 cm³/mol. The number of benzene rings is 1. The minimum atomic E-state index is -0.102. The lowest BCUT2D eigenvalue weighted by Crippen LogP contribution is -2.48. The van der Waals surface area contributed by atoms with Gasteiger partial charge in [0.05, 0.1) is 17.6 Å². The third-order valence-electron chi connectivity index (χ3n) is 3.47. The fourth-order valence-electron chi connectivity index (χ4n) is 2.36. The summed E-state index contributed by atoms with van der Waals surface area (Å²) in [5, 5.41) is 6.22. The van der Waals surface area contributed by atoms with Gasteiger partial charge in [0.25, 0.3) is 0 Å². The molecule has 0 saturated carbocycles. The molecule has 104 valence electrons. The van der Waals surface area contributed by atoms with Gasteiger partial charge < -0.3 is 15.4 Å². The fraction of sp³-hybridized carbons (Fsp3) is 0.500. The van der Waals surface area contributed by atoms with Crippen molar-refractivity contribution in [1.82, 2.24) is 5.32 Å². The number of carbonyl (C=O) groups is 1. The Kier molecular flexibility index (Phi) is 4.82. The molecule has 2 atom stereocenters. The first kappa shape index (κ1) is 14.3. The quantitative estimate of drug-likeness (QED) is 0.898. The van der Waals surface area contributed by atoms with Gasteiger partial charge in [-0.2, -0.15) is 0 Å². The Morgan fingerprint density at radius 1 is 1.53 bits per heavy atom. The van der Waals surface area contributed by atoms with E-state index in [1.54, 1.807) is 7.11 Å². The van der Waals surface area contributed by atoms with Gasteiger partial charge in [-0.05, 0) is 59.4 Å². The molecule has 1 heterocycles. The molecule has 0 aliphatic carbocycles. The van der Waals surface area contributed by atoms with E-state index >= 15 is 0 Å². The molecule has 0 aromatic heterocycles. The average molecular weight is 327 g/mol. The third-order valence-corrected chi connectivity index (χ3v) is 4.09. The van der Waals surface area contributed by atoms with Crippen molar-refractivity contribution in [2.75, 3.05) is 19.0 Å². The summed E-state index contributed by atoms with van der Waals surface area (Å²) in [5.41, 5.74) is 0.775. The summed E-state index contributed by atoms with van der Waals surface area (Å²) in [7, 11) is 1.62. The molecule has 2 rings (SSSR count). The smallest absolute Gasteiger partial charge is 0.241 e. The molecule has 2 unspecified atom stereocenters. The highest BCUT2D eigenvalue weighted by atomic mass is 79.9. The minimum absolute atomic E-state index is 0.0317. The van der Waals surface area contributed by atoms with Crippen LogP contribution < -0.4 is 15.4 Å². The molecule has 0 radical (unpaired) electrons. The summed E-state index contributed by atoms with van der Waals surface area (Å²) >= 11 is 3.41. The number of halogens is 1. The first-order chi connectivity index (χ1) is 9.11. The summed E-state index contributed by atoms with van der Waals surface area (Å²) in [6.07, 6.45) is 2.23. The van der Waals surface area contributed by atoms with Crippen LogP contribution in [0, 0.1) is 5.92 Å². The molecule has 0 bridgehead atoms. The molecule has 0 spiro atoms. The van der Waals surface area contributed by atoms with E-state index in [-0.39, 0.29) is 11.9 Å². The van der Waals surface area contributed by atoms with Crippen molar-refractivity contribution in [2.24, 2.45) is 5.92 Å². The van der Waals surface area contributed by atoms with E-state index in [1.165, 1.54) is 0 Å². The van der Waals surface area contributed by atoms with E-state index in [4.69, 9.17) is 4.74 Å².